The van der Waals surface area contributed by atoms with Gasteiger partial charge in [0.05, 0.1) is 6.54 Å². The Morgan fingerprint density at radius 3 is 2.69 bits per heavy atom. The van der Waals surface area contributed by atoms with Crippen molar-refractivity contribution in [2.24, 2.45) is 0 Å². The zero-order valence-corrected chi connectivity index (χ0v) is 10.6. The van der Waals surface area contributed by atoms with Gasteiger partial charge in [-0.25, -0.2) is 0 Å². The van der Waals surface area contributed by atoms with Crippen LogP contribution >= 0.6 is 11.3 Å². The first kappa shape index (κ1) is 11.3. The smallest absolute Gasteiger partial charge is 0.178 e. The summed E-state index contributed by atoms with van der Waals surface area (Å²) in [5.74, 6) is 0.208. The molecule has 2 rings (SSSR count). The number of Topliss-reactive ketones (excluding diaryl/α,β-unsaturated/α-hetero) is 1. The lowest BCUT2D eigenvalue weighted by molar-refractivity contribution is 0.0959. The summed E-state index contributed by atoms with van der Waals surface area (Å²) in [6, 6.07) is 8.10. The van der Waals surface area contributed by atoms with Crippen molar-refractivity contribution in [2.75, 3.05) is 20.6 Å². The molecule has 0 aliphatic carbocycles. The summed E-state index contributed by atoms with van der Waals surface area (Å²) in [6.45, 7) is 2.50. The number of nitrogens with zero attached hydrogens (tertiary/aromatic N) is 1. The van der Waals surface area contributed by atoms with Gasteiger partial charge in [-0.15, -0.1) is 11.3 Å². The summed E-state index contributed by atoms with van der Waals surface area (Å²) < 4.78 is 1.20. The van der Waals surface area contributed by atoms with E-state index in [4.69, 9.17) is 0 Å². The van der Waals surface area contributed by atoms with Gasteiger partial charge >= 0.3 is 0 Å². The normalized spacial score (nSPS) is 11.2. The second-order valence-corrected chi connectivity index (χ2v) is 5.45. The molecule has 0 radical (unpaired) electrons. The first-order valence-corrected chi connectivity index (χ1v) is 6.07. The van der Waals surface area contributed by atoms with Crippen LogP contribution in [0.15, 0.2) is 24.3 Å². The molecule has 0 saturated carbocycles. The number of rotatable bonds is 3. The molecular formula is C13H15NOS. The number of thiophene rings is 1. The Hall–Kier alpha value is -1.19. The van der Waals surface area contributed by atoms with Gasteiger partial charge in [0, 0.05) is 20.5 Å². The third-order valence-corrected chi connectivity index (χ3v) is 3.60. The lowest BCUT2D eigenvalue weighted by Gasteiger charge is -2.08. The average Bonchev–Trinajstić information content (AvgIpc) is 2.52. The van der Waals surface area contributed by atoms with Crippen molar-refractivity contribution >= 4 is 27.2 Å². The van der Waals surface area contributed by atoms with E-state index in [1.54, 1.807) is 11.3 Å². The van der Waals surface area contributed by atoms with Crippen LogP contribution in [-0.2, 0) is 0 Å². The summed E-state index contributed by atoms with van der Waals surface area (Å²) >= 11 is 1.69. The molecule has 16 heavy (non-hydrogen) atoms. The topological polar surface area (TPSA) is 20.3 Å². The fourth-order valence-corrected chi connectivity index (χ4v) is 2.96. The Morgan fingerprint density at radius 1 is 1.31 bits per heavy atom. The molecule has 0 saturated heterocycles. The van der Waals surface area contributed by atoms with E-state index in [0.29, 0.717) is 6.54 Å². The molecule has 1 heterocycles. The van der Waals surface area contributed by atoms with Gasteiger partial charge in [0.2, 0.25) is 0 Å². The fourth-order valence-electron chi connectivity index (χ4n) is 1.88. The number of ketones is 1. The van der Waals surface area contributed by atoms with Crippen LogP contribution in [0.1, 0.15) is 15.2 Å². The van der Waals surface area contributed by atoms with E-state index in [1.807, 2.05) is 44.1 Å². The molecule has 0 amide bonds. The highest BCUT2D eigenvalue weighted by Crippen LogP contribution is 2.30. The van der Waals surface area contributed by atoms with Crippen molar-refractivity contribution in [3.63, 3.8) is 0 Å². The van der Waals surface area contributed by atoms with Crippen molar-refractivity contribution in [1.29, 1.82) is 0 Å². The molecule has 0 fully saturated rings. The zero-order valence-electron chi connectivity index (χ0n) is 9.78. The van der Waals surface area contributed by atoms with Gasteiger partial charge in [-0.3, -0.25) is 4.79 Å². The van der Waals surface area contributed by atoms with E-state index >= 15 is 0 Å². The number of carbonyl (C=O) groups excluding carboxylic acids is 1. The minimum absolute atomic E-state index is 0.208. The van der Waals surface area contributed by atoms with E-state index in [9.17, 15) is 4.79 Å². The van der Waals surface area contributed by atoms with Gasteiger partial charge in [0.25, 0.3) is 0 Å². The Bertz CT molecular complexity index is 528. The Labute approximate surface area is 99.5 Å². The average molecular weight is 233 g/mol. The third kappa shape index (κ3) is 2.01. The molecule has 84 valence electrons. The van der Waals surface area contributed by atoms with Crippen LogP contribution in [0.2, 0.25) is 0 Å². The van der Waals surface area contributed by atoms with Crippen LogP contribution in [0.4, 0.5) is 0 Å². The highest BCUT2D eigenvalue weighted by Gasteiger charge is 2.16. The van der Waals surface area contributed by atoms with E-state index < -0.39 is 0 Å². The Kier molecular flexibility index (Phi) is 3.08. The molecule has 0 N–H and O–H groups in total. The van der Waals surface area contributed by atoms with Crippen molar-refractivity contribution in [2.45, 2.75) is 6.92 Å². The summed E-state index contributed by atoms with van der Waals surface area (Å²) in [7, 11) is 3.84. The number of hydrogen-bond acceptors (Lipinski definition) is 3. The fraction of sp³-hybridized carbons (Fsp3) is 0.308. The summed E-state index contributed by atoms with van der Waals surface area (Å²) in [5.41, 5.74) is 0.898. The predicted molar refractivity (Wildman–Crippen MR) is 69.4 cm³/mol. The van der Waals surface area contributed by atoms with Gasteiger partial charge in [-0.1, -0.05) is 18.2 Å². The maximum atomic E-state index is 12.1. The Balaban J connectivity index is 2.51. The highest BCUT2D eigenvalue weighted by atomic mass is 32.1. The van der Waals surface area contributed by atoms with Crippen LogP contribution in [0.3, 0.4) is 0 Å². The molecular weight excluding hydrogens is 218 g/mol. The molecule has 0 atom stereocenters. The number of likely N-dealkylation sites (N-methyl/N-ethyl adjacent to an activating group) is 1. The third-order valence-electron chi connectivity index (χ3n) is 2.51. The van der Waals surface area contributed by atoms with Crippen molar-refractivity contribution < 1.29 is 4.79 Å². The molecule has 0 bridgehead atoms. The molecule has 3 heteroatoms. The molecule has 0 aliphatic heterocycles. The summed E-state index contributed by atoms with van der Waals surface area (Å²) in [6.07, 6.45) is 0. The number of benzene rings is 1. The Morgan fingerprint density at radius 2 is 2.00 bits per heavy atom. The molecule has 0 spiro atoms. The van der Waals surface area contributed by atoms with Gasteiger partial charge in [0.1, 0.15) is 0 Å². The van der Waals surface area contributed by atoms with E-state index in [-0.39, 0.29) is 5.78 Å². The number of carbonyl (C=O) groups is 1. The molecule has 2 nitrogen and oxygen atoms in total. The monoisotopic (exact) mass is 233 g/mol. The van der Waals surface area contributed by atoms with Crippen molar-refractivity contribution in [1.82, 2.24) is 4.90 Å². The molecule has 1 aromatic heterocycles. The van der Waals surface area contributed by atoms with Crippen LogP contribution < -0.4 is 0 Å². The zero-order chi connectivity index (χ0) is 11.7. The SMILES string of the molecule is Cc1sc2ccccc2c1C(=O)CN(C)C. The predicted octanol–water partition coefficient (Wildman–Crippen LogP) is 2.95. The molecule has 1 aromatic carbocycles. The van der Waals surface area contributed by atoms with E-state index in [0.717, 1.165) is 15.8 Å². The number of fused-ring (bicyclic) bond motifs is 1. The van der Waals surface area contributed by atoms with Gasteiger partial charge in [0.15, 0.2) is 5.78 Å². The van der Waals surface area contributed by atoms with Crippen LogP contribution in [0.25, 0.3) is 10.1 Å². The van der Waals surface area contributed by atoms with Crippen molar-refractivity contribution in [3.05, 3.63) is 34.7 Å². The number of hydrogen-bond donors (Lipinski definition) is 0. The van der Waals surface area contributed by atoms with Crippen LogP contribution in [-0.4, -0.2) is 31.3 Å². The standard InChI is InChI=1S/C13H15NOS/c1-9-13(11(15)8-14(2)3)10-6-4-5-7-12(10)16-9/h4-7H,8H2,1-3H3. The molecule has 0 unspecified atom stereocenters. The highest BCUT2D eigenvalue weighted by molar-refractivity contribution is 7.19. The van der Waals surface area contributed by atoms with Gasteiger partial charge in [-0.05, 0) is 27.1 Å². The second kappa shape index (κ2) is 4.36. The van der Waals surface area contributed by atoms with Crippen LogP contribution in [0, 0.1) is 6.92 Å². The lowest BCUT2D eigenvalue weighted by Crippen LogP contribution is -2.21. The molecule has 2 aromatic rings. The lowest BCUT2D eigenvalue weighted by atomic mass is 10.1. The molecule has 0 aliphatic rings. The second-order valence-electron chi connectivity index (χ2n) is 4.19. The van der Waals surface area contributed by atoms with E-state index in [2.05, 4.69) is 6.07 Å². The number of aryl methyl sites for hydroxylation is 1. The van der Waals surface area contributed by atoms with Crippen molar-refractivity contribution in [3.8, 4) is 0 Å². The van der Waals surface area contributed by atoms with Gasteiger partial charge in [-0.2, -0.15) is 0 Å². The quantitative estimate of drug-likeness (QED) is 0.760. The summed E-state index contributed by atoms with van der Waals surface area (Å²) in [5, 5.41) is 1.09. The first-order valence-electron chi connectivity index (χ1n) is 5.25. The maximum Gasteiger partial charge on any atom is 0.178 e. The summed E-state index contributed by atoms with van der Waals surface area (Å²) in [4.78, 5) is 15.1. The minimum Gasteiger partial charge on any atom is -0.302 e. The minimum atomic E-state index is 0.208. The van der Waals surface area contributed by atoms with Crippen LogP contribution in [0.5, 0.6) is 0 Å². The maximum absolute atomic E-state index is 12.1. The van der Waals surface area contributed by atoms with Gasteiger partial charge < -0.3 is 4.90 Å². The largest absolute Gasteiger partial charge is 0.302 e. The van der Waals surface area contributed by atoms with E-state index in [1.165, 1.54) is 4.70 Å². The first-order chi connectivity index (χ1) is 7.59.